The van der Waals surface area contributed by atoms with Gasteiger partial charge in [-0.2, -0.15) is 0 Å². The van der Waals surface area contributed by atoms with Crippen LogP contribution in [0.25, 0.3) is 0 Å². The smallest absolute Gasteiger partial charge is 0.151 e. The van der Waals surface area contributed by atoms with Gasteiger partial charge in [-0.15, -0.1) is 0 Å². The van der Waals surface area contributed by atoms with Crippen molar-refractivity contribution < 1.29 is 4.79 Å². The van der Waals surface area contributed by atoms with Crippen LogP contribution in [0.15, 0.2) is 92.4 Å². The van der Waals surface area contributed by atoms with Crippen LogP contribution in [0.4, 0.5) is 0 Å². The predicted octanol–water partition coefficient (Wildman–Crippen LogP) is 3.32. The van der Waals surface area contributed by atoms with Crippen molar-refractivity contribution in [3.8, 4) is 0 Å². The molecule has 0 aromatic heterocycles. The van der Waals surface area contributed by atoms with Gasteiger partial charge in [-0.25, -0.2) is 0 Å². The molecule has 0 radical (unpaired) electrons. The predicted molar refractivity (Wildman–Crippen MR) is 74.7 cm³/mol. The van der Waals surface area contributed by atoms with Crippen molar-refractivity contribution in [2.45, 2.75) is 13.3 Å². The second-order valence-electron chi connectivity index (χ2n) is 2.70. The van der Waals surface area contributed by atoms with E-state index in [-0.39, 0.29) is 0 Å². The Morgan fingerprint density at radius 3 is 1.45 bits per heavy atom. The molecule has 0 atom stereocenters. The second-order valence-corrected chi connectivity index (χ2v) is 2.70. The molecule has 1 nitrogen and oxygen atoms in total. The molecule has 0 saturated carbocycles. The largest absolute Gasteiger partial charge is 0.298 e. The van der Waals surface area contributed by atoms with E-state index in [0.717, 1.165) is 12.5 Å². The molecule has 0 amide bonds. The van der Waals surface area contributed by atoms with Gasteiger partial charge in [0, 0.05) is 6.08 Å². The number of carbonyl (C=O) groups is 1. The maximum atomic E-state index is 9.87. The molecule has 0 N–H and O–H groups in total. The molecule has 0 saturated heterocycles. The highest BCUT2D eigenvalue weighted by Gasteiger charge is 1.52. The highest BCUT2D eigenvalue weighted by atomic mass is 16.1. The summed E-state index contributed by atoms with van der Waals surface area (Å²) in [5.41, 5.74) is 35.2. The van der Waals surface area contributed by atoms with Crippen LogP contribution in [0.3, 0.4) is 0 Å². The van der Waals surface area contributed by atoms with Crippen molar-refractivity contribution in [1.82, 2.24) is 0 Å². The fourth-order valence-corrected chi connectivity index (χ4v) is 0.613. The summed E-state index contributed by atoms with van der Waals surface area (Å²) >= 11 is 0. The molecule has 0 unspecified atom stereocenters. The van der Waals surface area contributed by atoms with Crippen LogP contribution < -0.4 is 0 Å². The summed E-state index contributed by atoms with van der Waals surface area (Å²) in [5.74, 6) is 0. The van der Waals surface area contributed by atoms with Crippen molar-refractivity contribution in [3.05, 3.63) is 92.4 Å². The van der Waals surface area contributed by atoms with E-state index < -0.39 is 0 Å². The Hall–Kier alpha value is -3.67. The third-order valence-corrected chi connectivity index (χ3v) is 1.29. The van der Waals surface area contributed by atoms with Gasteiger partial charge in [-0.05, 0) is 81.3 Å². The van der Waals surface area contributed by atoms with Gasteiger partial charge >= 0.3 is 0 Å². The minimum atomic E-state index is 0.584. The summed E-state index contributed by atoms with van der Waals surface area (Å²) in [5, 5.41) is 0. The van der Waals surface area contributed by atoms with Crippen molar-refractivity contribution in [1.29, 1.82) is 0 Å². The lowest BCUT2D eigenvalue weighted by Gasteiger charge is -1.59. The van der Waals surface area contributed by atoms with E-state index in [1.807, 2.05) is 13.0 Å². The highest BCUT2D eigenvalue weighted by molar-refractivity contribution is 5.64. The van der Waals surface area contributed by atoms with Crippen LogP contribution in [-0.2, 0) is 4.79 Å². The fourth-order valence-electron chi connectivity index (χ4n) is 0.613. The number of hydrogen-bond donors (Lipinski definition) is 0. The summed E-state index contributed by atoms with van der Waals surface area (Å²) in [6.07, 6.45) is 4.46. The lowest BCUT2D eigenvalue weighted by Crippen LogP contribution is -1.47. The average molecular weight is 252 g/mol. The maximum absolute atomic E-state index is 9.87. The van der Waals surface area contributed by atoms with Gasteiger partial charge in [0.15, 0.2) is 6.29 Å². The van der Waals surface area contributed by atoms with E-state index >= 15 is 0 Å². The van der Waals surface area contributed by atoms with Gasteiger partial charge in [0.05, 0.1) is 0 Å². The molecule has 0 bridgehead atoms. The standard InChI is InChI=1S/C19H8O/c1-2-3-4-5-6-7-8-9-10-11-12-13-14-15-16-17-18-19-20/h3,18-19H,2H2,1H3. The first-order valence-corrected chi connectivity index (χ1v) is 5.51. The van der Waals surface area contributed by atoms with Gasteiger partial charge < -0.3 is 0 Å². The fraction of sp³-hybridized carbons (Fsp3) is 0.105. The summed E-state index contributed by atoms with van der Waals surface area (Å²) in [4.78, 5) is 9.87. The van der Waals surface area contributed by atoms with Gasteiger partial charge in [0.1, 0.15) is 0 Å². The number of allylic oxidation sites excluding steroid dienone is 2. The molecule has 0 aromatic carbocycles. The van der Waals surface area contributed by atoms with Crippen LogP contribution in [0, 0.1) is 0 Å². The van der Waals surface area contributed by atoms with E-state index in [4.69, 9.17) is 0 Å². The van der Waals surface area contributed by atoms with Crippen molar-refractivity contribution in [3.63, 3.8) is 0 Å². The topological polar surface area (TPSA) is 17.1 Å². The third-order valence-electron chi connectivity index (χ3n) is 1.29. The molecule has 0 heterocycles. The lowest BCUT2D eigenvalue weighted by molar-refractivity contribution is -0.104. The summed E-state index contributed by atoms with van der Waals surface area (Å²) in [7, 11) is 0. The summed E-state index contributed by atoms with van der Waals surface area (Å²) in [6.45, 7) is 2.00. The molecular weight excluding hydrogens is 244 g/mol. The first-order chi connectivity index (χ1) is 9.91. The van der Waals surface area contributed by atoms with E-state index in [2.05, 4.69) is 80.2 Å². The van der Waals surface area contributed by atoms with E-state index in [0.29, 0.717) is 6.29 Å². The Morgan fingerprint density at radius 2 is 1.05 bits per heavy atom. The van der Waals surface area contributed by atoms with Gasteiger partial charge in [0.25, 0.3) is 0 Å². The molecule has 0 aliphatic rings. The minimum absolute atomic E-state index is 0.584. The minimum Gasteiger partial charge on any atom is -0.298 e. The quantitative estimate of drug-likeness (QED) is 0.418. The van der Waals surface area contributed by atoms with E-state index in [1.165, 1.54) is 0 Å². The molecule has 90 valence electrons. The normalized spacial score (nSPS) is 4.85. The molecule has 0 aromatic rings. The Kier molecular flexibility index (Phi) is 12.5. The van der Waals surface area contributed by atoms with Crippen molar-refractivity contribution in [2.24, 2.45) is 0 Å². The molecule has 0 aliphatic heterocycles. The molecule has 0 rings (SSSR count). The van der Waals surface area contributed by atoms with Crippen LogP contribution >= 0.6 is 0 Å². The molecule has 0 spiro atoms. The first kappa shape index (κ1) is 16.3. The Balaban J connectivity index is 5.49. The van der Waals surface area contributed by atoms with E-state index in [1.54, 1.807) is 0 Å². The summed E-state index contributed by atoms with van der Waals surface area (Å²) in [6, 6.07) is 0. The van der Waals surface area contributed by atoms with Gasteiger partial charge in [0.2, 0.25) is 0 Å². The third kappa shape index (κ3) is 14.3. The zero-order valence-corrected chi connectivity index (χ0v) is 10.8. The highest BCUT2D eigenvalue weighted by Crippen LogP contribution is 1.71. The lowest BCUT2D eigenvalue weighted by atomic mass is 10.5. The number of hydrogen-bond acceptors (Lipinski definition) is 1. The van der Waals surface area contributed by atoms with Crippen LogP contribution in [0.5, 0.6) is 0 Å². The van der Waals surface area contributed by atoms with Gasteiger partial charge in [-0.1, -0.05) is 18.4 Å². The molecule has 20 heavy (non-hydrogen) atoms. The molecule has 1 heteroatoms. The van der Waals surface area contributed by atoms with Gasteiger partial charge in [-0.3, -0.25) is 4.79 Å². The number of aldehydes is 1. The zero-order chi connectivity index (χ0) is 14.7. The zero-order valence-electron chi connectivity index (χ0n) is 10.8. The maximum Gasteiger partial charge on any atom is 0.151 e. The Morgan fingerprint density at radius 1 is 0.650 bits per heavy atom. The van der Waals surface area contributed by atoms with Crippen LogP contribution in [0.2, 0.25) is 0 Å². The van der Waals surface area contributed by atoms with Crippen LogP contribution in [-0.4, -0.2) is 6.29 Å². The van der Waals surface area contributed by atoms with E-state index in [9.17, 15) is 4.79 Å². The number of carbonyl (C=O) groups excluding carboxylic acids is 1. The first-order valence-electron chi connectivity index (χ1n) is 5.51. The molecule has 0 fully saturated rings. The van der Waals surface area contributed by atoms with Crippen molar-refractivity contribution in [2.75, 3.05) is 0 Å². The Bertz CT molecular complexity index is 884. The summed E-state index contributed by atoms with van der Waals surface area (Å²) < 4.78 is 0. The van der Waals surface area contributed by atoms with Crippen molar-refractivity contribution >= 4 is 6.29 Å². The second kappa shape index (κ2) is 15.3. The Labute approximate surface area is 117 Å². The van der Waals surface area contributed by atoms with Crippen LogP contribution in [0.1, 0.15) is 13.3 Å². The molecule has 0 aliphatic carbocycles. The monoisotopic (exact) mass is 252 g/mol. The average Bonchev–Trinajstić information content (AvgIpc) is 2.47. The molecular formula is C19H8O. The number of rotatable bonds is 2. The SMILES string of the molecule is CCC=C=C=C=C=C=C=C=C=C=C=C=C=C=C=CC=O.